The number of carbonyl (C=O) groups is 2. The highest BCUT2D eigenvalue weighted by Gasteiger charge is 2.34. The van der Waals surface area contributed by atoms with Crippen LogP contribution in [-0.2, 0) is 4.74 Å². The number of aromatic nitrogens is 2. The van der Waals surface area contributed by atoms with Crippen molar-refractivity contribution in [1.82, 2.24) is 14.9 Å². The Morgan fingerprint density at radius 3 is 2.44 bits per heavy atom. The number of nitrogens with zero attached hydrogens (tertiary/aromatic N) is 3. The van der Waals surface area contributed by atoms with Crippen LogP contribution in [0.5, 0.6) is 5.75 Å². The summed E-state index contributed by atoms with van der Waals surface area (Å²) in [7, 11) is 1.60. The van der Waals surface area contributed by atoms with Gasteiger partial charge in [0.15, 0.2) is 0 Å². The van der Waals surface area contributed by atoms with Gasteiger partial charge in [0.2, 0.25) is 0 Å². The number of ether oxygens (including phenoxy) is 2. The molecule has 4 aromatic rings. The minimum atomic E-state index is -0.609. The number of fused-ring (bicyclic) bond motifs is 1. The third kappa shape index (κ3) is 6.24. The Kier molecular flexibility index (Phi) is 7.79. The molecule has 1 aliphatic heterocycles. The maximum atomic E-state index is 13.2. The zero-order valence-electron chi connectivity index (χ0n) is 23.8. The summed E-state index contributed by atoms with van der Waals surface area (Å²) < 4.78 is 11.3. The summed E-state index contributed by atoms with van der Waals surface area (Å²) >= 11 is 0. The molecule has 5 rings (SSSR count). The van der Waals surface area contributed by atoms with Gasteiger partial charge in [-0.1, -0.05) is 48.5 Å². The minimum Gasteiger partial charge on any atom is -0.496 e. The molecular weight excluding hydrogens is 518 g/mol. The highest BCUT2D eigenvalue weighted by molar-refractivity contribution is 6.09. The number of nitrogens with two attached hydrogens (primary N) is 1. The van der Waals surface area contributed by atoms with Crippen LogP contribution in [-0.4, -0.2) is 58.7 Å². The van der Waals surface area contributed by atoms with Crippen LogP contribution in [0.3, 0.4) is 0 Å². The van der Waals surface area contributed by atoms with E-state index in [-0.39, 0.29) is 23.6 Å². The maximum absolute atomic E-state index is 13.2. The molecule has 2 unspecified atom stereocenters. The number of anilines is 1. The number of carbonyl (C=O) groups excluding carboxylic acids is 2. The second-order valence-electron chi connectivity index (χ2n) is 11.3. The van der Waals surface area contributed by atoms with Gasteiger partial charge in [0.05, 0.1) is 18.2 Å². The monoisotopic (exact) mass is 553 g/mol. The lowest BCUT2D eigenvalue weighted by Gasteiger charge is -2.39. The fraction of sp³-hybridized carbons (Fsp3) is 0.312. The van der Waals surface area contributed by atoms with E-state index in [2.05, 4.69) is 27.4 Å². The number of methoxy groups -OCH3 is 1. The fourth-order valence-corrected chi connectivity index (χ4v) is 5.35. The molecule has 212 valence electrons. The number of rotatable bonds is 6. The molecule has 0 radical (unpaired) electrons. The Hall–Kier alpha value is -4.66. The third-order valence-electron chi connectivity index (χ3n) is 7.14. The van der Waals surface area contributed by atoms with Crippen molar-refractivity contribution in [3.05, 3.63) is 84.2 Å². The predicted molar refractivity (Wildman–Crippen MR) is 159 cm³/mol. The van der Waals surface area contributed by atoms with E-state index in [0.717, 1.165) is 23.1 Å². The Balaban J connectivity index is 1.54. The fourth-order valence-electron chi connectivity index (χ4n) is 5.35. The number of hydrogen-bond donors (Lipinski definition) is 2. The smallest absolute Gasteiger partial charge is 0.410 e. The number of nitrogens with one attached hydrogen (secondary N) is 1. The molecule has 3 N–H and O–H groups in total. The molecule has 9 heteroatoms. The molecule has 0 bridgehead atoms. The average Bonchev–Trinajstić information content (AvgIpc) is 2.96. The Bertz CT molecular complexity index is 1570. The summed E-state index contributed by atoms with van der Waals surface area (Å²) in [5.74, 6) is 0.722. The lowest BCUT2D eigenvalue weighted by atomic mass is 9.88. The molecule has 0 aliphatic carbocycles. The van der Waals surface area contributed by atoms with E-state index < -0.39 is 11.5 Å². The van der Waals surface area contributed by atoms with Crippen molar-refractivity contribution < 1.29 is 19.1 Å². The number of primary amides is 1. The van der Waals surface area contributed by atoms with Crippen LogP contribution in [0.25, 0.3) is 22.0 Å². The molecule has 1 aliphatic rings. The minimum absolute atomic E-state index is 0.0911. The summed E-state index contributed by atoms with van der Waals surface area (Å²) in [6.07, 6.45) is 1.83. The predicted octanol–water partition coefficient (Wildman–Crippen LogP) is 5.61. The van der Waals surface area contributed by atoms with Crippen LogP contribution in [0.1, 0.15) is 49.0 Å². The van der Waals surface area contributed by atoms with Gasteiger partial charge in [-0.25, -0.2) is 14.8 Å². The molecule has 0 saturated carbocycles. The van der Waals surface area contributed by atoms with E-state index in [4.69, 9.17) is 15.2 Å². The van der Waals surface area contributed by atoms with Crippen LogP contribution < -0.4 is 15.8 Å². The lowest BCUT2D eigenvalue weighted by molar-refractivity contribution is 0.0187. The van der Waals surface area contributed by atoms with Gasteiger partial charge in [0.25, 0.3) is 5.91 Å². The first kappa shape index (κ1) is 27.9. The molecule has 9 nitrogen and oxygen atoms in total. The molecule has 0 spiro atoms. The van der Waals surface area contributed by atoms with Crippen molar-refractivity contribution in [1.29, 1.82) is 0 Å². The Morgan fingerprint density at radius 2 is 1.73 bits per heavy atom. The second kappa shape index (κ2) is 11.4. The van der Waals surface area contributed by atoms with Crippen molar-refractivity contribution in [3.63, 3.8) is 0 Å². The molecule has 2 heterocycles. The van der Waals surface area contributed by atoms with Crippen LogP contribution in [0.2, 0.25) is 0 Å². The van der Waals surface area contributed by atoms with Crippen molar-refractivity contribution >= 4 is 28.7 Å². The molecule has 2 amide bonds. The van der Waals surface area contributed by atoms with Gasteiger partial charge in [-0.05, 0) is 56.5 Å². The van der Waals surface area contributed by atoms with Crippen LogP contribution in [0, 0.1) is 0 Å². The Labute approximate surface area is 239 Å². The van der Waals surface area contributed by atoms with Crippen molar-refractivity contribution in [3.8, 4) is 16.9 Å². The van der Waals surface area contributed by atoms with Crippen molar-refractivity contribution in [2.45, 2.75) is 44.8 Å². The van der Waals surface area contributed by atoms with Gasteiger partial charge in [-0.15, -0.1) is 0 Å². The SMILES string of the molecule is COc1ccccc1-c1cc(C(N)=O)c2ncnc(NC3CC(c4ccccc4)CN(C(=O)OC(C)(C)C)C3)c2c1. The number of para-hydroxylation sites is 1. The number of likely N-dealkylation sites (tertiary alicyclic amines) is 1. The van der Waals surface area contributed by atoms with E-state index in [1.54, 1.807) is 18.1 Å². The first-order chi connectivity index (χ1) is 19.6. The molecule has 1 saturated heterocycles. The first-order valence-corrected chi connectivity index (χ1v) is 13.6. The summed E-state index contributed by atoms with van der Waals surface area (Å²) in [6, 6.07) is 21.3. The average molecular weight is 554 g/mol. The molecule has 1 fully saturated rings. The van der Waals surface area contributed by atoms with Gasteiger partial charge >= 0.3 is 6.09 Å². The summed E-state index contributed by atoms with van der Waals surface area (Å²) in [6.45, 7) is 6.57. The van der Waals surface area contributed by atoms with Gasteiger partial charge in [-0.2, -0.15) is 0 Å². The van der Waals surface area contributed by atoms with Gasteiger partial charge in [0, 0.05) is 36.0 Å². The molecule has 2 atom stereocenters. The standard InChI is InChI=1S/C32H35N5O4/c1-32(2,3)41-31(39)37-17-22(20-10-6-5-7-11-20)14-23(18-37)36-30-26-16-21(24-12-8-9-13-27(24)40-4)15-25(29(33)38)28(26)34-19-35-30/h5-13,15-16,19,22-23H,14,17-18H2,1-4H3,(H2,33,38)(H,34,35,36). The molecule has 41 heavy (non-hydrogen) atoms. The Morgan fingerprint density at radius 1 is 1.00 bits per heavy atom. The van der Waals surface area contributed by atoms with E-state index >= 15 is 0 Å². The summed E-state index contributed by atoms with van der Waals surface area (Å²) in [5, 5.41) is 4.21. The van der Waals surface area contributed by atoms with E-state index in [1.807, 2.05) is 69.3 Å². The number of piperidine rings is 1. The largest absolute Gasteiger partial charge is 0.496 e. The maximum Gasteiger partial charge on any atom is 0.410 e. The lowest BCUT2D eigenvalue weighted by Crippen LogP contribution is -2.49. The molecule has 3 aromatic carbocycles. The van der Waals surface area contributed by atoms with E-state index in [0.29, 0.717) is 35.6 Å². The highest BCUT2D eigenvalue weighted by Crippen LogP contribution is 2.36. The van der Waals surface area contributed by atoms with Crippen molar-refractivity contribution in [2.24, 2.45) is 5.73 Å². The normalized spacial score (nSPS) is 17.2. The second-order valence-corrected chi connectivity index (χ2v) is 11.3. The topological polar surface area (TPSA) is 120 Å². The van der Waals surface area contributed by atoms with E-state index in [9.17, 15) is 9.59 Å². The quantitative estimate of drug-likeness (QED) is 0.318. The zero-order valence-corrected chi connectivity index (χ0v) is 23.8. The first-order valence-electron chi connectivity index (χ1n) is 13.6. The summed E-state index contributed by atoms with van der Waals surface area (Å²) in [4.78, 5) is 36.4. The zero-order chi connectivity index (χ0) is 29.1. The molecular formula is C32H35N5O4. The van der Waals surface area contributed by atoms with Gasteiger partial charge in [0.1, 0.15) is 23.5 Å². The van der Waals surface area contributed by atoms with E-state index in [1.165, 1.54) is 6.33 Å². The van der Waals surface area contributed by atoms with Crippen LogP contribution >= 0.6 is 0 Å². The highest BCUT2D eigenvalue weighted by atomic mass is 16.6. The molecule has 1 aromatic heterocycles. The van der Waals surface area contributed by atoms with Gasteiger partial charge in [-0.3, -0.25) is 4.79 Å². The number of benzene rings is 3. The third-order valence-corrected chi connectivity index (χ3v) is 7.14. The van der Waals surface area contributed by atoms with Crippen LogP contribution in [0.4, 0.5) is 10.6 Å². The van der Waals surface area contributed by atoms with Crippen molar-refractivity contribution in [2.75, 3.05) is 25.5 Å². The number of hydrogen-bond acceptors (Lipinski definition) is 7. The van der Waals surface area contributed by atoms with Gasteiger partial charge < -0.3 is 25.4 Å². The van der Waals surface area contributed by atoms with Crippen LogP contribution in [0.15, 0.2) is 73.1 Å². The number of amides is 2. The summed E-state index contributed by atoms with van der Waals surface area (Å²) in [5.41, 5.74) is 8.65.